The highest BCUT2D eigenvalue weighted by atomic mass is 35.5. The van der Waals surface area contributed by atoms with Gasteiger partial charge < -0.3 is 14.5 Å². The predicted octanol–water partition coefficient (Wildman–Crippen LogP) is 3.78. The van der Waals surface area contributed by atoms with Crippen molar-refractivity contribution >= 4 is 17.5 Å². The maximum absolute atomic E-state index is 10.2. The van der Waals surface area contributed by atoms with Gasteiger partial charge in [-0.15, -0.1) is 0 Å². The summed E-state index contributed by atoms with van der Waals surface area (Å²) in [6.07, 6.45) is 0.505. The lowest BCUT2D eigenvalue weighted by molar-refractivity contribution is -0.289. The molecule has 4 unspecified atom stereocenters. The number of aromatic nitrogens is 1. The van der Waals surface area contributed by atoms with Crippen molar-refractivity contribution in [3.05, 3.63) is 58.9 Å². The van der Waals surface area contributed by atoms with Crippen LogP contribution in [-0.2, 0) is 15.3 Å². The van der Waals surface area contributed by atoms with Gasteiger partial charge in [0, 0.05) is 22.5 Å². The van der Waals surface area contributed by atoms with Crippen LogP contribution in [0, 0.1) is 56.2 Å². The first-order chi connectivity index (χ1) is 13.4. The molecule has 2 aromatic rings. The van der Waals surface area contributed by atoms with Crippen LogP contribution in [-0.4, -0.2) is 10.9 Å². The molecule has 2 aliphatic rings. The van der Waals surface area contributed by atoms with Gasteiger partial charge in [-0.05, 0) is 24.3 Å². The van der Waals surface area contributed by atoms with E-state index in [4.69, 9.17) is 26.5 Å². The van der Waals surface area contributed by atoms with Crippen LogP contribution in [0.2, 0.25) is 5.02 Å². The summed E-state index contributed by atoms with van der Waals surface area (Å²) in [7, 11) is 0. The first kappa shape index (κ1) is 18.1. The summed E-state index contributed by atoms with van der Waals surface area (Å²) < 4.78 is 12.2. The molecule has 4 atom stereocenters. The van der Waals surface area contributed by atoms with Crippen LogP contribution < -0.4 is 0 Å². The molecular weight excluding hydrogens is 378 g/mol. The second-order valence-electron chi connectivity index (χ2n) is 6.90. The van der Waals surface area contributed by atoms with Gasteiger partial charge in [-0.25, -0.2) is 0 Å². The van der Waals surface area contributed by atoms with Gasteiger partial charge in [0.1, 0.15) is 6.10 Å². The molecule has 2 bridgehead atoms. The molecule has 1 aromatic heterocycles. The predicted molar refractivity (Wildman–Crippen MR) is 97.4 cm³/mol. The lowest BCUT2D eigenvalue weighted by Crippen LogP contribution is -2.57. The van der Waals surface area contributed by atoms with Crippen molar-refractivity contribution in [3.63, 3.8) is 0 Å². The highest BCUT2D eigenvalue weighted by Gasteiger charge is 2.79. The molecule has 138 valence electrons. The number of halogens is 1. The third-order valence-corrected chi connectivity index (χ3v) is 6.07. The number of nitrogens with one attached hydrogen (secondary N) is 2. The maximum Gasteiger partial charge on any atom is 0.244 e. The number of benzene rings is 1. The Balaban J connectivity index is 2.04. The highest BCUT2D eigenvalue weighted by molar-refractivity contribution is 6.30. The van der Waals surface area contributed by atoms with Gasteiger partial charge >= 0.3 is 0 Å². The number of aromatic amines is 1. The maximum atomic E-state index is 10.2. The average molecular weight is 392 g/mol. The molecule has 0 aliphatic carbocycles. The molecule has 2 aliphatic heterocycles. The molecule has 2 saturated heterocycles. The van der Waals surface area contributed by atoms with Crippen LogP contribution in [0.4, 0.5) is 0 Å². The lowest BCUT2D eigenvalue weighted by Gasteiger charge is -2.48. The number of nitrogens with zero attached hydrogens (tertiary/aromatic N) is 3. The minimum atomic E-state index is -1.98. The lowest BCUT2D eigenvalue weighted by atomic mass is 9.54. The summed E-state index contributed by atoms with van der Waals surface area (Å²) in [5.41, 5.74) is -2.79. The van der Waals surface area contributed by atoms with Gasteiger partial charge in [0.05, 0.1) is 24.1 Å². The molecule has 4 rings (SSSR count). The smallest absolute Gasteiger partial charge is 0.244 e. The van der Waals surface area contributed by atoms with Gasteiger partial charge in [-0.1, -0.05) is 30.7 Å². The summed E-state index contributed by atoms with van der Waals surface area (Å²) in [5, 5.41) is 39.3. The Hall–Kier alpha value is -3.31. The zero-order chi connectivity index (χ0) is 20.2. The molecule has 28 heavy (non-hydrogen) atoms. The quantitative estimate of drug-likeness (QED) is 0.804. The van der Waals surface area contributed by atoms with Crippen molar-refractivity contribution < 1.29 is 9.47 Å². The molecule has 8 heteroatoms. The van der Waals surface area contributed by atoms with E-state index in [1.807, 2.05) is 12.1 Å². The van der Waals surface area contributed by atoms with E-state index in [1.54, 1.807) is 49.5 Å². The molecule has 0 amide bonds. The summed E-state index contributed by atoms with van der Waals surface area (Å²) >= 11 is 6.00. The SMILES string of the molecule is CC1C2(c3ccc(Cl)cc3)OC(=N)C1(C#N)C(C#N)(C#N)C(c1ccc[nH]1)O2. The van der Waals surface area contributed by atoms with Gasteiger partial charge in [0.2, 0.25) is 17.1 Å². The van der Waals surface area contributed by atoms with Crippen LogP contribution in [0.15, 0.2) is 42.6 Å². The van der Waals surface area contributed by atoms with Crippen molar-refractivity contribution in [2.45, 2.75) is 18.8 Å². The minimum absolute atomic E-state index is 0.449. The normalized spacial score (nSPS) is 32.6. The van der Waals surface area contributed by atoms with Crippen molar-refractivity contribution in [1.82, 2.24) is 4.98 Å². The molecule has 3 heterocycles. The fraction of sp³-hybridized carbons (Fsp3) is 0.300. The van der Waals surface area contributed by atoms with E-state index in [9.17, 15) is 15.8 Å². The van der Waals surface area contributed by atoms with E-state index in [2.05, 4.69) is 11.1 Å². The zero-order valence-corrected chi connectivity index (χ0v) is 15.5. The first-order valence-electron chi connectivity index (χ1n) is 8.51. The number of nitriles is 3. The monoisotopic (exact) mass is 391 g/mol. The van der Waals surface area contributed by atoms with E-state index >= 15 is 0 Å². The Morgan fingerprint density at radius 1 is 1.11 bits per heavy atom. The Morgan fingerprint density at radius 2 is 1.79 bits per heavy atom. The van der Waals surface area contributed by atoms with Crippen LogP contribution in [0.5, 0.6) is 0 Å². The van der Waals surface area contributed by atoms with Crippen LogP contribution in [0.25, 0.3) is 0 Å². The Kier molecular flexibility index (Phi) is 3.77. The summed E-state index contributed by atoms with van der Waals surface area (Å²) in [6.45, 7) is 1.66. The van der Waals surface area contributed by atoms with Crippen LogP contribution >= 0.6 is 11.6 Å². The largest absolute Gasteiger partial charge is 0.443 e. The number of fused-ring (bicyclic) bond motifs is 2. The number of hydrogen-bond acceptors (Lipinski definition) is 6. The number of H-pyrrole nitrogens is 1. The number of hydrogen-bond donors (Lipinski definition) is 2. The fourth-order valence-electron chi connectivity index (χ4n) is 4.34. The zero-order valence-electron chi connectivity index (χ0n) is 14.7. The van der Waals surface area contributed by atoms with E-state index in [1.165, 1.54) is 0 Å². The van der Waals surface area contributed by atoms with Gasteiger partial charge in [-0.2, -0.15) is 15.8 Å². The Labute approximate surface area is 166 Å². The molecule has 0 saturated carbocycles. The third kappa shape index (κ3) is 1.86. The molecule has 2 fully saturated rings. The van der Waals surface area contributed by atoms with Crippen molar-refractivity contribution in [1.29, 1.82) is 21.2 Å². The first-order valence-corrected chi connectivity index (χ1v) is 8.88. The van der Waals surface area contributed by atoms with Crippen LogP contribution in [0.1, 0.15) is 24.3 Å². The second kappa shape index (κ2) is 5.84. The Morgan fingerprint density at radius 3 is 2.32 bits per heavy atom. The van der Waals surface area contributed by atoms with Gasteiger partial charge in [-0.3, -0.25) is 5.41 Å². The Bertz CT molecular complexity index is 1060. The fourth-order valence-corrected chi connectivity index (χ4v) is 4.46. The summed E-state index contributed by atoms with van der Waals surface area (Å²) in [4.78, 5) is 2.96. The molecule has 7 nitrogen and oxygen atoms in total. The minimum Gasteiger partial charge on any atom is -0.443 e. The van der Waals surface area contributed by atoms with Crippen molar-refractivity contribution in [3.8, 4) is 18.2 Å². The van der Waals surface area contributed by atoms with Crippen LogP contribution in [0.3, 0.4) is 0 Å². The molecule has 0 radical (unpaired) electrons. The van der Waals surface area contributed by atoms with Crippen molar-refractivity contribution in [2.24, 2.45) is 16.7 Å². The third-order valence-electron chi connectivity index (χ3n) is 5.82. The van der Waals surface area contributed by atoms with E-state index in [-0.39, 0.29) is 0 Å². The van der Waals surface area contributed by atoms with Gasteiger partial charge in [0.25, 0.3) is 0 Å². The molecule has 0 spiro atoms. The topological polar surface area (TPSA) is 129 Å². The van der Waals surface area contributed by atoms with E-state index in [0.29, 0.717) is 16.3 Å². The summed E-state index contributed by atoms with van der Waals surface area (Å²) in [6, 6.07) is 16.1. The molecule has 2 N–H and O–H groups in total. The van der Waals surface area contributed by atoms with E-state index < -0.39 is 34.5 Å². The average Bonchev–Trinajstić information content (AvgIpc) is 3.28. The highest BCUT2D eigenvalue weighted by Crippen LogP contribution is 2.68. The summed E-state index contributed by atoms with van der Waals surface area (Å²) in [5.74, 6) is -2.76. The number of rotatable bonds is 2. The number of ether oxygens (including phenoxy) is 2. The van der Waals surface area contributed by atoms with Crippen molar-refractivity contribution in [2.75, 3.05) is 0 Å². The molecular formula is C20H14ClN5O2. The van der Waals surface area contributed by atoms with Gasteiger partial charge in [0.15, 0.2) is 5.41 Å². The second-order valence-corrected chi connectivity index (χ2v) is 7.34. The van der Waals surface area contributed by atoms with E-state index in [0.717, 1.165) is 0 Å². The standard InChI is InChI=1S/C20H14ClN5O2/c1-12-19(11-24)17(25)28-20(12,13-4-6-14(21)7-5-13)27-16(15-3-2-8-26-15)18(19,9-22)10-23/h2-8,12,16,25-26H,1H3. The molecule has 1 aromatic carbocycles.